The van der Waals surface area contributed by atoms with Gasteiger partial charge < -0.3 is 9.84 Å². The number of benzene rings is 3. The molecule has 0 radical (unpaired) electrons. The molecule has 1 fully saturated rings. The van der Waals surface area contributed by atoms with E-state index in [4.69, 9.17) is 4.74 Å². The van der Waals surface area contributed by atoms with Crippen LogP contribution in [0.2, 0.25) is 0 Å². The van der Waals surface area contributed by atoms with Crippen LogP contribution in [0.4, 0.5) is 5.69 Å². The number of ketones is 1. The fourth-order valence-electron chi connectivity index (χ4n) is 4.12. The Labute approximate surface area is 200 Å². The fourth-order valence-corrected chi connectivity index (χ4v) is 4.12. The molecule has 5 heteroatoms. The molecular weight excluding hydrogens is 426 g/mol. The number of ether oxygens (including phenoxy) is 1. The van der Waals surface area contributed by atoms with Crippen molar-refractivity contribution in [3.05, 3.63) is 101 Å². The molecule has 34 heavy (non-hydrogen) atoms. The minimum Gasteiger partial charge on any atom is -0.507 e. The summed E-state index contributed by atoms with van der Waals surface area (Å²) in [6.07, 6.45) is 0. The van der Waals surface area contributed by atoms with E-state index >= 15 is 0 Å². The maximum Gasteiger partial charge on any atom is 0.300 e. The van der Waals surface area contributed by atoms with Crippen molar-refractivity contribution in [2.24, 2.45) is 5.92 Å². The second kappa shape index (κ2) is 9.56. The second-order valence-corrected chi connectivity index (χ2v) is 9.09. The van der Waals surface area contributed by atoms with E-state index in [1.165, 1.54) is 4.90 Å². The van der Waals surface area contributed by atoms with E-state index in [2.05, 4.69) is 13.8 Å². The number of carbonyl (C=O) groups excluding carboxylic acids is 2. The van der Waals surface area contributed by atoms with Gasteiger partial charge in [0.15, 0.2) is 0 Å². The van der Waals surface area contributed by atoms with Crippen LogP contribution in [-0.4, -0.2) is 23.4 Å². The molecule has 1 saturated heterocycles. The Kier molecular flexibility index (Phi) is 6.55. The first-order chi connectivity index (χ1) is 16.3. The minimum atomic E-state index is -0.745. The summed E-state index contributed by atoms with van der Waals surface area (Å²) in [6.45, 7) is 8.62. The molecule has 1 atom stereocenters. The van der Waals surface area contributed by atoms with Crippen molar-refractivity contribution in [2.45, 2.75) is 33.7 Å². The lowest BCUT2D eigenvalue weighted by atomic mass is 9.92. The number of hydrogen-bond acceptors (Lipinski definition) is 4. The molecule has 174 valence electrons. The minimum absolute atomic E-state index is 0.0864. The monoisotopic (exact) mass is 455 g/mol. The third kappa shape index (κ3) is 4.46. The number of nitrogens with zero attached hydrogens (tertiary/aromatic N) is 1. The molecule has 0 saturated carbocycles. The van der Waals surface area contributed by atoms with Crippen molar-refractivity contribution in [1.82, 2.24) is 0 Å². The largest absolute Gasteiger partial charge is 0.507 e. The first-order valence-electron chi connectivity index (χ1n) is 11.4. The van der Waals surface area contributed by atoms with Gasteiger partial charge in [-0.1, -0.05) is 67.9 Å². The molecule has 1 aliphatic heterocycles. The normalized spacial score (nSPS) is 17.4. The zero-order valence-corrected chi connectivity index (χ0v) is 19.9. The number of anilines is 1. The van der Waals surface area contributed by atoms with Crippen molar-refractivity contribution in [3.8, 4) is 5.75 Å². The van der Waals surface area contributed by atoms with Crippen molar-refractivity contribution >= 4 is 23.1 Å². The quantitative estimate of drug-likeness (QED) is 0.283. The predicted octanol–water partition coefficient (Wildman–Crippen LogP) is 5.96. The van der Waals surface area contributed by atoms with Crippen LogP contribution in [0, 0.1) is 19.8 Å². The Morgan fingerprint density at radius 2 is 1.59 bits per heavy atom. The third-order valence-electron chi connectivity index (χ3n) is 5.95. The topological polar surface area (TPSA) is 66.8 Å². The van der Waals surface area contributed by atoms with Gasteiger partial charge in [0.25, 0.3) is 11.7 Å². The Balaban J connectivity index is 1.84. The summed E-state index contributed by atoms with van der Waals surface area (Å²) in [5.74, 6) is -0.461. The first-order valence-corrected chi connectivity index (χ1v) is 11.4. The summed E-state index contributed by atoms with van der Waals surface area (Å²) < 4.78 is 5.77. The highest BCUT2D eigenvalue weighted by molar-refractivity contribution is 6.51. The van der Waals surface area contributed by atoms with E-state index in [1.807, 2.05) is 50.2 Å². The van der Waals surface area contributed by atoms with Crippen LogP contribution in [-0.2, 0) is 9.59 Å². The summed E-state index contributed by atoms with van der Waals surface area (Å²) in [4.78, 5) is 28.0. The second-order valence-electron chi connectivity index (χ2n) is 9.09. The number of aliphatic hydroxyl groups is 1. The van der Waals surface area contributed by atoms with E-state index < -0.39 is 17.7 Å². The smallest absolute Gasteiger partial charge is 0.300 e. The first kappa shape index (κ1) is 23.3. The van der Waals surface area contributed by atoms with E-state index in [9.17, 15) is 14.7 Å². The molecule has 4 rings (SSSR count). The van der Waals surface area contributed by atoms with Crippen molar-refractivity contribution in [2.75, 3.05) is 11.5 Å². The van der Waals surface area contributed by atoms with Gasteiger partial charge in [0, 0.05) is 11.3 Å². The van der Waals surface area contributed by atoms with Crippen molar-refractivity contribution in [3.63, 3.8) is 0 Å². The third-order valence-corrected chi connectivity index (χ3v) is 5.95. The van der Waals surface area contributed by atoms with Crippen LogP contribution in [0.5, 0.6) is 5.75 Å². The van der Waals surface area contributed by atoms with Crippen molar-refractivity contribution in [1.29, 1.82) is 0 Å². The van der Waals surface area contributed by atoms with Crippen LogP contribution >= 0.6 is 0 Å². The molecule has 0 aliphatic carbocycles. The molecule has 0 spiro atoms. The maximum atomic E-state index is 13.3. The summed E-state index contributed by atoms with van der Waals surface area (Å²) >= 11 is 0. The lowest BCUT2D eigenvalue weighted by Gasteiger charge is -2.26. The number of aliphatic hydroxyl groups excluding tert-OH is 1. The summed E-state index contributed by atoms with van der Waals surface area (Å²) in [6, 6.07) is 21.3. The molecule has 1 heterocycles. The fraction of sp³-hybridized carbons (Fsp3) is 0.241. The van der Waals surface area contributed by atoms with E-state index in [1.54, 1.807) is 36.4 Å². The highest BCUT2D eigenvalue weighted by Crippen LogP contribution is 2.43. The molecule has 1 N–H and O–H groups in total. The Hall–Kier alpha value is -3.86. The van der Waals surface area contributed by atoms with E-state index in [0.29, 0.717) is 29.5 Å². The number of aryl methyl sites for hydroxylation is 2. The van der Waals surface area contributed by atoms with Gasteiger partial charge in [0.2, 0.25) is 0 Å². The summed E-state index contributed by atoms with van der Waals surface area (Å²) in [7, 11) is 0. The number of amides is 1. The van der Waals surface area contributed by atoms with E-state index in [-0.39, 0.29) is 11.3 Å². The number of Topliss-reactive ketones (excluding diaryl/α,β-unsaturated/α-hetero) is 1. The molecule has 3 aromatic carbocycles. The maximum absolute atomic E-state index is 13.3. The number of carbonyl (C=O) groups is 2. The number of hydrogen-bond donors (Lipinski definition) is 1. The molecular formula is C29H29NO4. The average molecular weight is 456 g/mol. The number of rotatable bonds is 6. The van der Waals surface area contributed by atoms with Crippen LogP contribution in [0.15, 0.2) is 78.4 Å². The molecule has 1 aliphatic rings. The van der Waals surface area contributed by atoms with Gasteiger partial charge in [-0.15, -0.1) is 0 Å². The summed E-state index contributed by atoms with van der Waals surface area (Å²) in [5.41, 5.74) is 3.90. The summed E-state index contributed by atoms with van der Waals surface area (Å²) in [5, 5.41) is 11.2. The van der Waals surface area contributed by atoms with Gasteiger partial charge in [-0.3, -0.25) is 14.5 Å². The standard InChI is InChI=1S/C29H29NO4/c1-18(2)17-34-23-15-13-22(14-16-23)30-26(24-8-6-5-7-20(24)4)25(28(32)29(30)33)27(31)21-11-9-19(3)10-12-21/h5-16,18,26,31H,17H2,1-4H3/b27-25-. The lowest BCUT2D eigenvalue weighted by Crippen LogP contribution is -2.29. The van der Waals surface area contributed by atoms with Gasteiger partial charge in [0.1, 0.15) is 11.5 Å². The lowest BCUT2D eigenvalue weighted by molar-refractivity contribution is -0.132. The molecule has 0 aromatic heterocycles. The van der Waals surface area contributed by atoms with Crippen LogP contribution in [0.3, 0.4) is 0 Å². The van der Waals surface area contributed by atoms with Crippen LogP contribution in [0.1, 0.15) is 42.1 Å². The Morgan fingerprint density at radius 1 is 0.941 bits per heavy atom. The highest BCUT2D eigenvalue weighted by atomic mass is 16.5. The zero-order chi connectivity index (χ0) is 24.4. The van der Waals surface area contributed by atoms with E-state index in [0.717, 1.165) is 16.7 Å². The van der Waals surface area contributed by atoms with Crippen LogP contribution in [0.25, 0.3) is 5.76 Å². The molecule has 0 bridgehead atoms. The van der Waals surface area contributed by atoms with Crippen molar-refractivity contribution < 1.29 is 19.4 Å². The zero-order valence-electron chi connectivity index (χ0n) is 19.9. The average Bonchev–Trinajstić information content (AvgIpc) is 3.08. The molecule has 1 unspecified atom stereocenters. The molecule has 1 amide bonds. The van der Waals surface area contributed by atoms with Gasteiger partial charge in [0.05, 0.1) is 18.2 Å². The van der Waals surface area contributed by atoms with Gasteiger partial charge >= 0.3 is 0 Å². The Bertz CT molecular complexity index is 1240. The Morgan fingerprint density at radius 3 is 2.21 bits per heavy atom. The molecule has 5 nitrogen and oxygen atoms in total. The van der Waals surface area contributed by atoms with Gasteiger partial charge in [-0.05, 0) is 55.2 Å². The SMILES string of the molecule is Cc1ccc(/C(O)=C2/C(=O)C(=O)N(c3ccc(OCC(C)C)cc3)C2c2ccccc2C)cc1. The highest BCUT2D eigenvalue weighted by Gasteiger charge is 2.47. The molecule has 3 aromatic rings. The van der Waals surface area contributed by atoms with Gasteiger partial charge in [-0.25, -0.2) is 0 Å². The predicted molar refractivity (Wildman–Crippen MR) is 134 cm³/mol. The van der Waals surface area contributed by atoms with Gasteiger partial charge in [-0.2, -0.15) is 0 Å². The van der Waals surface area contributed by atoms with Crippen LogP contribution < -0.4 is 9.64 Å².